The molecule has 0 radical (unpaired) electrons. The maximum Gasteiger partial charge on any atom is 0.256 e. The molecule has 7 heteroatoms. The first kappa shape index (κ1) is 17.8. The normalized spacial score (nSPS) is 11.2. The lowest BCUT2D eigenvalue weighted by molar-refractivity contribution is 0.102. The van der Waals surface area contributed by atoms with Crippen LogP contribution in [0, 0.1) is 0 Å². The number of nitrogens with one attached hydrogen (secondary N) is 2. The molecule has 0 bridgehead atoms. The average Bonchev–Trinajstić information content (AvgIpc) is 2.61. The molecule has 0 saturated carbocycles. The number of methoxy groups -OCH3 is 1. The van der Waals surface area contributed by atoms with E-state index in [4.69, 9.17) is 4.74 Å². The number of ether oxygens (including phenoxy) is 1. The highest BCUT2D eigenvalue weighted by molar-refractivity contribution is 7.92. The zero-order valence-electron chi connectivity index (χ0n) is 14.3. The summed E-state index contributed by atoms with van der Waals surface area (Å²) in [5.74, 6) is 0.0545. The number of sulfonamides is 1. The Morgan fingerprint density at radius 3 is 2.46 bits per heavy atom. The molecule has 3 aromatic carbocycles. The summed E-state index contributed by atoms with van der Waals surface area (Å²) in [5.41, 5.74) is 1.36. The third kappa shape index (κ3) is 3.94. The Bertz CT molecular complexity index is 1070. The number of rotatable bonds is 5. The van der Waals surface area contributed by atoms with Crippen molar-refractivity contribution in [2.75, 3.05) is 23.4 Å². The third-order valence-corrected chi connectivity index (χ3v) is 4.38. The van der Waals surface area contributed by atoms with Gasteiger partial charge in [-0.05, 0) is 29.0 Å². The van der Waals surface area contributed by atoms with E-state index in [9.17, 15) is 13.2 Å². The highest BCUT2D eigenvalue weighted by Gasteiger charge is 2.13. The monoisotopic (exact) mass is 370 g/mol. The van der Waals surface area contributed by atoms with E-state index in [1.807, 2.05) is 36.4 Å². The largest absolute Gasteiger partial charge is 0.494 e. The van der Waals surface area contributed by atoms with E-state index in [1.54, 1.807) is 24.3 Å². The molecule has 26 heavy (non-hydrogen) atoms. The fourth-order valence-electron chi connectivity index (χ4n) is 2.67. The van der Waals surface area contributed by atoms with Crippen LogP contribution in [0.15, 0.2) is 60.7 Å². The number of hydrogen-bond donors (Lipinski definition) is 2. The van der Waals surface area contributed by atoms with Gasteiger partial charge in [-0.3, -0.25) is 9.52 Å². The summed E-state index contributed by atoms with van der Waals surface area (Å²) in [5, 5.41) is 4.65. The number of anilines is 2. The van der Waals surface area contributed by atoms with Crippen molar-refractivity contribution in [3.05, 3.63) is 66.2 Å². The molecular weight excluding hydrogens is 352 g/mol. The van der Waals surface area contributed by atoms with Crippen LogP contribution in [0.3, 0.4) is 0 Å². The van der Waals surface area contributed by atoms with Crippen LogP contribution < -0.4 is 14.8 Å². The van der Waals surface area contributed by atoms with Crippen molar-refractivity contribution < 1.29 is 17.9 Å². The molecule has 0 saturated heterocycles. The second-order valence-electron chi connectivity index (χ2n) is 5.77. The fraction of sp³-hybridized carbons (Fsp3) is 0.105. The van der Waals surface area contributed by atoms with Crippen LogP contribution in [0.25, 0.3) is 10.8 Å². The molecular formula is C19H18N2O4S. The molecule has 0 fully saturated rings. The maximum absolute atomic E-state index is 12.7. The van der Waals surface area contributed by atoms with E-state index in [2.05, 4.69) is 10.0 Å². The van der Waals surface area contributed by atoms with Gasteiger partial charge in [-0.15, -0.1) is 0 Å². The van der Waals surface area contributed by atoms with E-state index in [1.165, 1.54) is 7.11 Å². The maximum atomic E-state index is 12.7. The first-order valence-corrected chi connectivity index (χ1v) is 9.71. The molecule has 1 amide bonds. The van der Waals surface area contributed by atoms with Gasteiger partial charge < -0.3 is 10.1 Å². The Hall–Kier alpha value is -3.06. The minimum Gasteiger partial charge on any atom is -0.494 e. The molecule has 0 aliphatic carbocycles. The second-order valence-corrected chi connectivity index (χ2v) is 7.52. The Kier molecular flexibility index (Phi) is 4.81. The van der Waals surface area contributed by atoms with Gasteiger partial charge in [0, 0.05) is 17.3 Å². The Morgan fingerprint density at radius 1 is 1.00 bits per heavy atom. The van der Waals surface area contributed by atoms with Crippen LogP contribution in [0.1, 0.15) is 10.4 Å². The molecule has 0 unspecified atom stereocenters. The van der Waals surface area contributed by atoms with Gasteiger partial charge in [0.25, 0.3) is 5.91 Å². The topological polar surface area (TPSA) is 84.5 Å². The third-order valence-electron chi connectivity index (χ3n) is 3.79. The summed E-state index contributed by atoms with van der Waals surface area (Å²) in [7, 11) is -2.00. The quantitative estimate of drug-likeness (QED) is 0.720. The van der Waals surface area contributed by atoms with Crippen LogP contribution in [-0.4, -0.2) is 27.7 Å². The lowest BCUT2D eigenvalue weighted by Crippen LogP contribution is -2.13. The lowest BCUT2D eigenvalue weighted by Gasteiger charge is -2.13. The summed E-state index contributed by atoms with van der Waals surface area (Å²) < 4.78 is 30.4. The van der Waals surface area contributed by atoms with Crippen LogP contribution in [0.2, 0.25) is 0 Å². The Balaban J connectivity index is 1.89. The first-order valence-electron chi connectivity index (χ1n) is 7.82. The predicted molar refractivity (Wildman–Crippen MR) is 103 cm³/mol. The average molecular weight is 370 g/mol. The zero-order chi connectivity index (χ0) is 18.7. The Labute approximate surface area is 151 Å². The summed E-state index contributed by atoms with van der Waals surface area (Å²) in [6.07, 6.45) is 1.06. The Morgan fingerprint density at radius 2 is 1.73 bits per heavy atom. The van der Waals surface area contributed by atoms with Crippen molar-refractivity contribution in [3.8, 4) is 5.75 Å². The van der Waals surface area contributed by atoms with Crippen LogP contribution >= 0.6 is 0 Å². The second kappa shape index (κ2) is 7.05. The van der Waals surface area contributed by atoms with Gasteiger partial charge >= 0.3 is 0 Å². The minimum atomic E-state index is -3.43. The standard InChI is InChI=1S/C19H18N2O4S/c1-25-18-12-14(10-11-17(18)21-26(2,23)24)20-19(22)16-9-5-7-13-6-3-4-8-15(13)16/h3-12,21H,1-2H3,(H,20,22). The van der Waals surface area contributed by atoms with Crippen LogP contribution in [0.5, 0.6) is 5.75 Å². The van der Waals surface area contributed by atoms with Gasteiger partial charge in [-0.2, -0.15) is 0 Å². The molecule has 2 N–H and O–H groups in total. The number of hydrogen-bond acceptors (Lipinski definition) is 4. The zero-order valence-corrected chi connectivity index (χ0v) is 15.1. The van der Waals surface area contributed by atoms with Gasteiger partial charge in [0.05, 0.1) is 19.1 Å². The van der Waals surface area contributed by atoms with Crippen molar-refractivity contribution in [1.29, 1.82) is 0 Å². The molecule has 134 valence electrons. The summed E-state index contributed by atoms with van der Waals surface area (Å²) in [4.78, 5) is 12.7. The predicted octanol–water partition coefficient (Wildman–Crippen LogP) is 3.47. The van der Waals surface area contributed by atoms with Crippen LogP contribution in [-0.2, 0) is 10.0 Å². The number of fused-ring (bicyclic) bond motifs is 1. The number of amides is 1. The van der Waals surface area contributed by atoms with Gasteiger partial charge in [0.1, 0.15) is 5.75 Å². The molecule has 0 aliphatic rings. The van der Waals surface area contributed by atoms with E-state index in [-0.39, 0.29) is 5.91 Å². The summed E-state index contributed by atoms with van der Waals surface area (Å²) >= 11 is 0. The van der Waals surface area contributed by atoms with Crippen molar-refractivity contribution in [3.63, 3.8) is 0 Å². The lowest BCUT2D eigenvalue weighted by atomic mass is 10.0. The highest BCUT2D eigenvalue weighted by Crippen LogP contribution is 2.29. The molecule has 0 atom stereocenters. The van der Waals surface area contributed by atoms with Gasteiger partial charge in [-0.25, -0.2) is 8.42 Å². The van der Waals surface area contributed by atoms with E-state index >= 15 is 0 Å². The molecule has 3 aromatic rings. The van der Waals surface area contributed by atoms with E-state index in [0.29, 0.717) is 22.7 Å². The molecule has 3 rings (SSSR count). The van der Waals surface area contributed by atoms with Gasteiger partial charge in [-0.1, -0.05) is 36.4 Å². The number of benzene rings is 3. The van der Waals surface area contributed by atoms with Crippen molar-refractivity contribution in [2.45, 2.75) is 0 Å². The highest BCUT2D eigenvalue weighted by atomic mass is 32.2. The number of carbonyl (C=O) groups is 1. The molecule has 6 nitrogen and oxygen atoms in total. The molecule has 0 spiro atoms. The van der Waals surface area contributed by atoms with Crippen molar-refractivity contribution >= 4 is 38.1 Å². The summed E-state index contributed by atoms with van der Waals surface area (Å²) in [6, 6.07) is 17.9. The summed E-state index contributed by atoms with van der Waals surface area (Å²) in [6.45, 7) is 0. The minimum absolute atomic E-state index is 0.257. The fourth-order valence-corrected chi connectivity index (χ4v) is 3.24. The van der Waals surface area contributed by atoms with Crippen molar-refractivity contribution in [1.82, 2.24) is 0 Å². The van der Waals surface area contributed by atoms with E-state index in [0.717, 1.165) is 17.0 Å². The molecule has 0 aliphatic heterocycles. The molecule has 0 aromatic heterocycles. The molecule has 0 heterocycles. The van der Waals surface area contributed by atoms with E-state index < -0.39 is 10.0 Å². The van der Waals surface area contributed by atoms with Crippen molar-refractivity contribution in [2.24, 2.45) is 0 Å². The van der Waals surface area contributed by atoms with Gasteiger partial charge in [0.2, 0.25) is 10.0 Å². The first-order chi connectivity index (χ1) is 12.4. The van der Waals surface area contributed by atoms with Gasteiger partial charge in [0.15, 0.2) is 0 Å². The number of carbonyl (C=O) groups excluding carboxylic acids is 1. The smallest absolute Gasteiger partial charge is 0.256 e. The SMILES string of the molecule is COc1cc(NC(=O)c2cccc3ccccc23)ccc1NS(C)(=O)=O. The van der Waals surface area contributed by atoms with Crippen LogP contribution in [0.4, 0.5) is 11.4 Å².